The Labute approximate surface area is 220 Å². The molecule has 0 saturated carbocycles. The lowest BCUT2D eigenvalue weighted by Gasteiger charge is -2.05. The topological polar surface area (TPSA) is 66.2 Å². The third-order valence-corrected chi connectivity index (χ3v) is 7.78. The highest BCUT2D eigenvalue weighted by atomic mass is 32.1. The lowest BCUT2D eigenvalue weighted by Crippen LogP contribution is -2.14. The molecule has 0 aliphatic carbocycles. The Morgan fingerprint density at radius 3 is 2.46 bits per heavy atom. The number of halogens is 1. The van der Waals surface area contributed by atoms with Gasteiger partial charge in [-0.25, -0.2) is 4.39 Å². The molecular formula is C31H29FN4S. The summed E-state index contributed by atoms with van der Waals surface area (Å²) in [7, 11) is 0. The Hall–Kier alpha value is -4.16. The molecule has 4 nitrogen and oxygen atoms in total. The number of aromatic amines is 1. The second-order valence-electron chi connectivity index (χ2n) is 9.01. The Morgan fingerprint density at radius 2 is 1.73 bits per heavy atom. The van der Waals surface area contributed by atoms with Gasteiger partial charge in [0.25, 0.3) is 0 Å². The second-order valence-corrected chi connectivity index (χ2v) is 10.1. The number of aromatic nitrogens is 1. The van der Waals surface area contributed by atoms with E-state index < -0.39 is 0 Å². The third kappa shape index (κ3) is 4.93. The summed E-state index contributed by atoms with van der Waals surface area (Å²) in [5.74, 6) is 0.239. The molecule has 2 heterocycles. The number of hydrogen-bond acceptors (Lipinski definition) is 3. The number of H-pyrrole nitrogens is 1. The van der Waals surface area contributed by atoms with E-state index in [1.807, 2.05) is 38.1 Å². The normalized spacial score (nSPS) is 11.7. The first-order valence-corrected chi connectivity index (χ1v) is 13.0. The lowest BCUT2D eigenvalue weighted by molar-refractivity contribution is 0.637. The van der Waals surface area contributed by atoms with Crippen LogP contribution in [0.1, 0.15) is 21.7 Å². The van der Waals surface area contributed by atoms with E-state index in [4.69, 9.17) is 10.7 Å². The van der Waals surface area contributed by atoms with Gasteiger partial charge >= 0.3 is 0 Å². The predicted molar refractivity (Wildman–Crippen MR) is 156 cm³/mol. The molecule has 37 heavy (non-hydrogen) atoms. The average Bonchev–Trinajstić information content (AvgIpc) is 3.49. The van der Waals surface area contributed by atoms with Crippen molar-refractivity contribution in [2.24, 2.45) is 10.7 Å². The van der Waals surface area contributed by atoms with Crippen molar-refractivity contribution in [3.05, 3.63) is 113 Å². The summed E-state index contributed by atoms with van der Waals surface area (Å²) in [6, 6.07) is 24.3. The van der Waals surface area contributed by atoms with Crippen LogP contribution in [-0.2, 0) is 6.42 Å². The van der Waals surface area contributed by atoms with E-state index in [0.717, 1.165) is 43.2 Å². The van der Waals surface area contributed by atoms with Crippen LogP contribution in [0.25, 0.3) is 32.5 Å². The Kier molecular flexibility index (Phi) is 6.93. The van der Waals surface area contributed by atoms with E-state index in [2.05, 4.69) is 59.3 Å². The van der Waals surface area contributed by atoms with E-state index in [1.54, 1.807) is 17.5 Å². The van der Waals surface area contributed by atoms with Crippen molar-refractivity contribution in [1.82, 2.24) is 4.98 Å². The molecule has 0 aliphatic rings. The second kappa shape index (κ2) is 10.4. The van der Waals surface area contributed by atoms with Crippen molar-refractivity contribution in [3.8, 4) is 21.6 Å². The summed E-state index contributed by atoms with van der Waals surface area (Å²) in [5.41, 5.74) is 14.5. The van der Waals surface area contributed by atoms with E-state index in [9.17, 15) is 4.39 Å². The molecular weight excluding hydrogens is 479 g/mol. The Bertz CT molecular complexity index is 1590. The van der Waals surface area contributed by atoms with Gasteiger partial charge in [0, 0.05) is 22.5 Å². The molecule has 0 amide bonds. The summed E-state index contributed by atoms with van der Waals surface area (Å²) >= 11 is 1.60. The summed E-state index contributed by atoms with van der Waals surface area (Å²) in [4.78, 5) is 9.86. The average molecular weight is 509 g/mol. The van der Waals surface area contributed by atoms with Crippen LogP contribution in [0.15, 0.2) is 90.6 Å². The SMILES string of the molecule is C=CNc1cc(-c2ccc(-c3ccccc3)cc2)sc1C(N)=NCCc1c(C)[nH]c2c(F)ccc(C)c12. The zero-order valence-corrected chi connectivity index (χ0v) is 21.8. The summed E-state index contributed by atoms with van der Waals surface area (Å²) < 4.78 is 14.3. The van der Waals surface area contributed by atoms with Gasteiger partial charge in [0.1, 0.15) is 11.7 Å². The monoisotopic (exact) mass is 508 g/mol. The van der Waals surface area contributed by atoms with Crippen molar-refractivity contribution in [3.63, 3.8) is 0 Å². The smallest absolute Gasteiger partial charge is 0.147 e. The van der Waals surface area contributed by atoms with Crippen molar-refractivity contribution in [1.29, 1.82) is 0 Å². The third-order valence-electron chi connectivity index (χ3n) is 6.57. The molecule has 0 fully saturated rings. The number of amidine groups is 1. The van der Waals surface area contributed by atoms with Crippen LogP contribution >= 0.6 is 11.3 Å². The molecule has 0 aliphatic heterocycles. The van der Waals surface area contributed by atoms with Gasteiger partial charge in [-0.3, -0.25) is 4.99 Å². The molecule has 0 atom stereocenters. The highest BCUT2D eigenvalue weighted by Crippen LogP contribution is 2.36. The molecule has 5 aromatic rings. The maximum absolute atomic E-state index is 14.3. The van der Waals surface area contributed by atoms with Gasteiger partial charge < -0.3 is 16.0 Å². The molecule has 0 spiro atoms. The fourth-order valence-electron chi connectivity index (χ4n) is 4.71. The molecule has 5 rings (SSSR count). The van der Waals surface area contributed by atoms with Crippen LogP contribution in [-0.4, -0.2) is 17.4 Å². The molecule has 2 aromatic heterocycles. The highest BCUT2D eigenvalue weighted by molar-refractivity contribution is 7.18. The minimum absolute atomic E-state index is 0.235. The number of nitrogens with two attached hydrogens (primary N) is 1. The number of aliphatic imine (C=N–C) groups is 1. The number of nitrogens with zero attached hydrogens (tertiary/aromatic N) is 1. The molecule has 186 valence electrons. The molecule has 3 aromatic carbocycles. The Morgan fingerprint density at radius 1 is 1.03 bits per heavy atom. The first kappa shape index (κ1) is 24.5. The van der Waals surface area contributed by atoms with Crippen molar-refractivity contribution < 1.29 is 4.39 Å². The molecule has 0 unspecified atom stereocenters. The minimum Gasteiger partial charge on any atom is -0.383 e. The molecule has 0 radical (unpaired) electrons. The highest BCUT2D eigenvalue weighted by Gasteiger charge is 2.16. The van der Waals surface area contributed by atoms with Crippen molar-refractivity contribution in [2.75, 3.05) is 11.9 Å². The van der Waals surface area contributed by atoms with Crippen molar-refractivity contribution >= 4 is 33.8 Å². The predicted octanol–water partition coefficient (Wildman–Crippen LogP) is 7.82. The van der Waals surface area contributed by atoms with E-state index in [0.29, 0.717) is 24.3 Å². The van der Waals surface area contributed by atoms with Gasteiger partial charge in [-0.05, 0) is 66.4 Å². The van der Waals surface area contributed by atoms with Gasteiger partial charge in [0.15, 0.2) is 0 Å². The van der Waals surface area contributed by atoms with Gasteiger partial charge in [0.05, 0.1) is 16.1 Å². The summed E-state index contributed by atoms with van der Waals surface area (Å²) in [6.07, 6.45) is 2.31. The number of rotatable bonds is 8. The van der Waals surface area contributed by atoms with Gasteiger partial charge in [-0.15, -0.1) is 11.3 Å². The largest absolute Gasteiger partial charge is 0.383 e. The number of hydrogen-bond donors (Lipinski definition) is 3. The number of fused-ring (bicyclic) bond motifs is 1. The van der Waals surface area contributed by atoms with Crippen LogP contribution < -0.4 is 11.1 Å². The Balaban J connectivity index is 1.39. The van der Waals surface area contributed by atoms with E-state index in [1.165, 1.54) is 17.2 Å². The molecule has 6 heteroatoms. The van der Waals surface area contributed by atoms with E-state index >= 15 is 0 Å². The number of thiophene rings is 1. The first-order valence-electron chi connectivity index (χ1n) is 12.2. The van der Waals surface area contributed by atoms with Crippen LogP contribution in [0.3, 0.4) is 0 Å². The fraction of sp³-hybridized carbons (Fsp3) is 0.129. The van der Waals surface area contributed by atoms with Gasteiger partial charge in [-0.2, -0.15) is 0 Å². The standard InChI is InChI=1S/C31H29FN4S/c1-4-34-26-18-27(23-13-11-22(12-14-23)21-8-6-5-7-9-21)37-30(26)31(33)35-17-16-24-20(3)36-29-25(32)15-10-19(2)28(24)29/h4-15,18,34,36H,1,16-17H2,2-3H3,(H2,33,35). The molecule has 0 bridgehead atoms. The zero-order chi connectivity index (χ0) is 25.9. The van der Waals surface area contributed by atoms with Gasteiger partial charge in [-0.1, -0.05) is 67.2 Å². The summed E-state index contributed by atoms with van der Waals surface area (Å²) in [5, 5.41) is 4.14. The van der Waals surface area contributed by atoms with Crippen molar-refractivity contribution in [2.45, 2.75) is 20.3 Å². The minimum atomic E-state index is -0.235. The van der Waals surface area contributed by atoms with Crippen LogP contribution in [0.4, 0.5) is 10.1 Å². The molecule has 4 N–H and O–H groups in total. The maximum atomic E-state index is 14.3. The van der Waals surface area contributed by atoms with Gasteiger partial charge in [0.2, 0.25) is 0 Å². The number of benzene rings is 3. The van der Waals surface area contributed by atoms with Crippen LogP contribution in [0.2, 0.25) is 0 Å². The summed E-state index contributed by atoms with van der Waals surface area (Å²) in [6.45, 7) is 8.29. The van der Waals surface area contributed by atoms with Crippen LogP contribution in [0, 0.1) is 19.7 Å². The zero-order valence-electron chi connectivity index (χ0n) is 20.9. The quantitative estimate of drug-likeness (QED) is 0.148. The van der Waals surface area contributed by atoms with Crippen LogP contribution in [0.5, 0.6) is 0 Å². The number of anilines is 1. The number of aryl methyl sites for hydroxylation is 2. The maximum Gasteiger partial charge on any atom is 0.147 e. The number of nitrogens with one attached hydrogen (secondary N) is 2. The lowest BCUT2D eigenvalue weighted by atomic mass is 10.0. The fourth-order valence-corrected chi connectivity index (χ4v) is 5.76. The molecule has 0 saturated heterocycles. The first-order chi connectivity index (χ1) is 18.0. The van der Waals surface area contributed by atoms with E-state index in [-0.39, 0.29) is 5.82 Å².